The molecule has 0 radical (unpaired) electrons. The number of para-hydroxylation sites is 1. The van der Waals surface area contributed by atoms with E-state index in [4.69, 9.17) is 4.74 Å². The molecule has 3 amide bonds. The minimum absolute atomic E-state index is 0.0956. The normalized spacial score (nSPS) is 10.5. The molecule has 2 aromatic carbocycles. The van der Waals surface area contributed by atoms with E-state index >= 15 is 0 Å². The molecule has 6 nitrogen and oxygen atoms in total. The van der Waals surface area contributed by atoms with Crippen LogP contribution in [0.15, 0.2) is 42.5 Å². The van der Waals surface area contributed by atoms with E-state index in [2.05, 4.69) is 10.6 Å². The summed E-state index contributed by atoms with van der Waals surface area (Å²) < 4.78 is 5.31. The van der Waals surface area contributed by atoms with Crippen molar-refractivity contribution in [2.24, 2.45) is 0 Å². The Morgan fingerprint density at radius 1 is 1.12 bits per heavy atom. The first-order chi connectivity index (χ1) is 12.4. The lowest BCUT2D eigenvalue weighted by Gasteiger charge is -2.18. The van der Waals surface area contributed by atoms with Gasteiger partial charge in [0.1, 0.15) is 5.75 Å². The second-order valence-electron chi connectivity index (χ2n) is 6.30. The van der Waals surface area contributed by atoms with E-state index in [1.165, 1.54) is 0 Å². The van der Waals surface area contributed by atoms with E-state index in [1.54, 1.807) is 7.11 Å². The van der Waals surface area contributed by atoms with Gasteiger partial charge in [-0.3, -0.25) is 15.0 Å². The standard InChI is InChI=1S/C20H25N3O3/c1-14-9-10-17(15(2)11-14)21-20(25)22-19(24)13-23(3)12-16-7-5-6-8-18(16)26-4/h5-11H,12-13H2,1-4H3,(H2,21,22,24,25). The molecule has 2 N–H and O–H groups in total. The van der Waals surface area contributed by atoms with Crippen LogP contribution >= 0.6 is 0 Å². The van der Waals surface area contributed by atoms with Gasteiger partial charge in [-0.15, -0.1) is 0 Å². The molecule has 26 heavy (non-hydrogen) atoms. The lowest BCUT2D eigenvalue weighted by atomic mass is 10.1. The van der Waals surface area contributed by atoms with Crippen molar-refractivity contribution in [1.82, 2.24) is 10.2 Å². The number of anilines is 1. The molecule has 138 valence electrons. The maximum absolute atomic E-state index is 12.1. The van der Waals surface area contributed by atoms with Crippen LogP contribution in [0.1, 0.15) is 16.7 Å². The van der Waals surface area contributed by atoms with Gasteiger partial charge in [0.15, 0.2) is 0 Å². The Kier molecular flexibility index (Phi) is 6.74. The number of carbonyl (C=O) groups is 2. The van der Waals surface area contributed by atoms with E-state index in [0.717, 1.165) is 22.4 Å². The molecule has 0 saturated heterocycles. The van der Waals surface area contributed by atoms with Crippen LogP contribution in [0.2, 0.25) is 0 Å². The van der Waals surface area contributed by atoms with Crippen LogP contribution in [-0.2, 0) is 11.3 Å². The number of likely N-dealkylation sites (N-methyl/N-ethyl adjacent to an activating group) is 1. The first kappa shape index (κ1) is 19.5. The van der Waals surface area contributed by atoms with Crippen molar-refractivity contribution in [3.05, 3.63) is 59.2 Å². The Morgan fingerprint density at radius 3 is 2.54 bits per heavy atom. The highest BCUT2D eigenvalue weighted by Gasteiger charge is 2.13. The average Bonchev–Trinajstić information content (AvgIpc) is 2.57. The van der Waals surface area contributed by atoms with Crippen LogP contribution in [0.25, 0.3) is 0 Å². The molecule has 2 rings (SSSR count). The topological polar surface area (TPSA) is 70.7 Å². The largest absolute Gasteiger partial charge is 0.496 e. The molecule has 0 aromatic heterocycles. The quantitative estimate of drug-likeness (QED) is 0.835. The molecule has 6 heteroatoms. The van der Waals surface area contributed by atoms with Crippen LogP contribution in [0.4, 0.5) is 10.5 Å². The van der Waals surface area contributed by atoms with Crippen molar-refractivity contribution in [3.63, 3.8) is 0 Å². The highest BCUT2D eigenvalue weighted by molar-refractivity contribution is 6.02. The Morgan fingerprint density at radius 2 is 1.85 bits per heavy atom. The number of urea groups is 1. The number of methoxy groups -OCH3 is 1. The van der Waals surface area contributed by atoms with Crippen molar-refractivity contribution in [2.45, 2.75) is 20.4 Å². The van der Waals surface area contributed by atoms with E-state index in [-0.39, 0.29) is 12.5 Å². The van der Waals surface area contributed by atoms with Crippen LogP contribution in [-0.4, -0.2) is 37.5 Å². The first-order valence-electron chi connectivity index (χ1n) is 8.37. The summed E-state index contributed by atoms with van der Waals surface area (Å²) in [5.41, 5.74) is 3.72. The minimum atomic E-state index is -0.535. The fraction of sp³-hybridized carbons (Fsp3) is 0.300. The summed E-state index contributed by atoms with van der Waals surface area (Å²) in [5.74, 6) is 0.400. The maximum Gasteiger partial charge on any atom is 0.325 e. The maximum atomic E-state index is 12.1. The number of benzene rings is 2. The van der Waals surface area contributed by atoms with Crippen LogP contribution < -0.4 is 15.4 Å². The van der Waals surface area contributed by atoms with Gasteiger partial charge in [-0.2, -0.15) is 0 Å². The van der Waals surface area contributed by atoms with Crippen LogP contribution in [0, 0.1) is 13.8 Å². The van der Waals surface area contributed by atoms with Gasteiger partial charge in [0.05, 0.1) is 13.7 Å². The molecule has 0 heterocycles. The Labute approximate surface area is 154 Å². The third-order valence-electron chi connectivity index (χ3n) is 3.93. The zero-order chi connectivity index (χ0) is 19.1. The van der Waals surface area contributed by atoms with Crippen molar-refractivity contribution in [3.8, 4) is 5.75 Å². The Bertz CT molecular complexity index is 790. The number of rotatable bonds is 6. The average molecular weight is 355 g/mol. The molecular weight excluding hydrogens is 330 g/mol. The summed E-state index contributed by atoms with van der Waals surface area (Å²) in [4.78, 5) is 25.9. The highest BCUT2D eigenvalue weighted by Crippen LogP contribution is 2.18. The molecule has 0 spiro atoms. The zero-order valence-corrected chi connectivity index (χ0v) is 15.6. The third kappa shape index (κ3) is 5.60. The van der Waals surface area contributed by atoms with Gasteiger partial charge < -0.3 is 10.1 Å². The van der Waals surface area contributed by atoms with Crippen molar-refractivity contribution in [1.29, 1.82) is 0 Å². The number of nitrogens with zero attached hydrogens (tertiary/aromatic N) is 1. The van der Waals surface area contributed by atoms with Gasteiger partial charge in [-0.05, 0) is 38.6 Å². The number of imide groups is 1. The highest BCUT2D eigenvalue weighted by atomic mass is 16.5. The summed E-state index contributed by atoms with van der Waals surface area (Å²) in [6.07, 6.45) is 0. The smallest absolute Gasteiger partial charge is 0.325 e. The number of hydrogen-bond donors (Lipinski definition) is 2. The van der Waals surface area contributed by atoms with Crippen LogP contribution in [0.3, 0.4) is 0 Å². The number of nitrogens with one attached hydrogen (secondary N) is 2. The molecule has 0 atom stereocenters. The summed E-state index contributed by atoms with van der Waals surface area (Å²) >= 11 is 0. The van der Waals surface area contributed by atoms with E-state index < -0.39 is 6.03 Å². The summed E-state index contributed by atoms with van der Waals surface area (Å²) in [6.45, 7) is 4.53. The van der Waals surface area contributed by atoms with Crippen molar-refractivity contribution in [2.75, 3.05) is 26.0 Å². The summed E-state index contributed by atoms with van der Waals surface area (Å²) in [6, 6.07) is 12.8. The van der Waals surface area contributed by atoms with E-state index in [0.29, 0.717) is 12.2 Å². The lowest BCUT2D eigenvalue weighted by Crippen LogP contribution is -2.40. The molecule has 0 aliphatic carbocycles. The molecule has 0 bridgehead atoms. The predicted molar refractivity (Wildman–Crippen MR) is 102 cm³/mol. The number of aryl methyl sites for hydroxylation is 2. The number of hydrogen-bond acceptors (Lipinski definition) is 4. The van der Waals surface area contributed by atoms with Crippen molar-refractivity contribution >= 4 is 17.6 Å². The fourth-order valence-electron chi connectivity index (χ4n) is 2.70. The van der Waals surface area contributed by atoms with Gasteiger partial charge in [0, 0.05) is 17.8 Å². The second-order valence-corrected chi connectivity index (χ2v) is 6.30. The van der Waals surface area contributed by atoms with Crippen molar-refractivity contribution < 1.29 is 14.3 Å². The number of amides is 3. The number of carbonyl (C=O) groups excluding carboxylic acids is 2. The fourth-order valence-corrected chi connectivity index (χ4v) is 2.70. The molecule has 0 unspecified atom stereocenters. The minimum Gasteiger partial charge on any atom is -0.496 e. The molecule has 0 aliphatic heterocycles. The molecule has 0 aliphatic rings. The zero-order valence-electron chi connectivity index (χ0n) is 15.6. The second kappa shape index (κ2) is 9.01. The molecule has 2 aromatic rings. The van der Waals surface area contributed by atoms with Gasteiger partial charge >= 0.3 is 6.03 Å². The molecular formula is C20H25N3O3. The Hall–Kier alpha value is -2.86. The molecule has 0 saturated carbocycles. The molecule has 0 fully saturated rings. The monoisotopic (exact) mass is 355 g/mol. The van der Waals surface area contributed by atoms with Gasteiger partial charge in [0.2, 0.25) is 5.91 Å². The van der Waals surface area contributed by atoms with Gasteiger partial charge in [-0.1, -0.05) is 35.9 Å². The first-order valence-corrected chi connectivity index (χ1v) is 8.37. The predicted octanol–water partition coefficient (Wildman–Crippen LogP) is 3.09. The lowest BCUT2D eigenvalue weighted by molar-refractivity contribution is -0.120. The van der Waals surface area contributed by atoms with Crippen LogP contribution in [0.5, 0.6) is 5.75 Å². The van der Waals surface area contributed by atoms with Gasteiger partial charge in [-0.25, -0.2) is 4.79 Å². The third-order valence-corrected chi connectivity index (χ3v) is 3.93. The number of ether oxygens (including phenoxy) is 1. The van der Waals surface area contributed by atoms with E-state index in [1.807, 2.05) is 68.3 Å². The summed E-state index contributed by atoms with van der Waals surface area (Å²) in [5, 5.41) is 5.05. The van der Waals surface area contributed by atoms with Gasteiger partial charge in [0.25, 0.3) is 0 Å². The van der Waals surface area contributed by atoms with E-state index in [9.17, 15) is 9.59 Å². The summed E-state index contributed by atoms with van der Waals surface area (Å²) in [7, 11) is 3.43. The Balaban J connectivity index is 1.86. The SMILES string of the molecule is COc1ccccc1CN(C)CC(=O)NC(=O)Nc1ccc(C)cc1C.